The number of imide groups is 1. The fourth-order valence-electron chi connectivity index (χ4n) is 3.77. The second kappa shape index (κ2) is 11.0. The summed E-state index contributed by atoms with van der Waals surface area (Å²) in [7, 11) is -3.58. The van der Waals surface area contributed by atoms with E-state index in [4.69, 9.17) is 32.7 Å². The molecular weight excluding hydrogens is 575 g/mol. The Morgan fingerprint density at radius 2 is 1.51 bits per heavy atom. The first-order valence-corrected chi connectivity index (χ1v) is 13.9. The Labute approximate surface area is 231 Å². The number of non-ortho nitro benzene ring substituents is 1. The molecule has 1 aliphatic rings. The van der Waals surface area contributed by atoms with Crippen LogP contribution in [-0.4, -0.2) is 54.1 Å². The first-order valence-electron chi connectivity index (χ1n) is 11.1. The van der Waals surface area contributed by atoms with Gasteiger partial charge in [0.1, 0.15) is 33.1 Å². The lowest BCUT2D eigenvalue weighted by Crippen LogP contribution is -2.47. The molecule has 14 heteroatoms. The van der Waals surface area contributed by atoms with Gasteiger partial charge in [-0.15, -0.1) is 0 Å². The molecule has 1 heterocycles. The van der Waals surface area contributed by atoms with E-state index in [1.54, 1.807) is 0 Å². The molecule has 0 bridgehead atoms. The third-order valence-electron chi connectivity index (χ3n) is 5.61. The molecule has 0 saturated carbocycles. The number of nitrogens with zero attached hydrogens (tertiary/aromatic N) is 2. The Hall–Kier alpha value is -4.00. The minimum absolute atomic E-state index is 0.0218. The standard InChI is InChI=1S/C25H18Cl2N2O9S/c1-39(35,36)10-9-22(28-23(30)18-12-20(26)21(27)13-19(18)24(28)31)25(32)38-17-4-2-3-16(11-17)37-15-7-5-14(6-8-15)29(33)34/h2-8,11-13,22H,9-10H2,1H3. The van der Waals surface area contributed by atoms with Gasteiger partial charge in [0.25, 0.3) is 17.5 Å². The van der Waals surface area contributed by atoms with Crippen molar-refractivity contribution in [2.75, 3.05) is 12.0 Å². The van der Waals surface area contributed by atoms with Gasteiger partial charge in [-0.2, -0.15) is 0 Å². The Morgan fingerprint density at radius 1 is 0.949 bits per heavy atom. The summed E-state index contributed by atoms with van der Waals surface area (Å²) in [6.45, 7) is 0. The minimum atomic E-state index is -3.58. The summed E-state index contributed by atoms with van der Waals surface area (Å²) in [6.07, 6.45) is 0.542. The molecule has 0 saturated heterocycles. The Balaban J connectivity index is 1.58. The van der Waals surface area contributed by atoms with Crippen LogP contribution in [0, 0.1) is 10.1 Å². The van der Waals surface area contributed by atoms with Crippen LogP contribution in [0.1, 0.15) is 27.1 Å². The zero-order valence-corrected chi connectivity index (χ0v) is 22.3. The molecule has 11 nitrogen and oxygen atoms in total. The van der Waals surface area contributed by atoms with Crippen molar-refractivity contribution >= 4 is 56.5 Å². The molecule has 2 amide bonds. The van der Waals surface area contributed by atoms with Gasteiger partial charge in [0.2, 0.25) is 0 Å². The molecule has 1 unspecified atom stereocenters. The number of nitro benzene ring substituents is 1. The monoisotopic (exact) mass is 592 g/mol. The highest BCUT2D eigenvalue weighted by Crippen LogP contribution is 2.34. The van der Waals surface area contributed by atoms with Crippen molar-refractivity contribution in [2.45, 2.75) is 12.5 Å². The van der Waals surface area contributed by atoms with Gasteiger partial charge in [-0.1, -0.05) is 29.3 Å². The van der Waals surface area contributed by atoms with Gasteiger partial charge < -0.3 is 9.47 Å². The number of fused-ring (bicyclic) bond motifs is 1. The number of ether oxygens (including phenoxy) is 2. The number of nitro groups is 1. The highest BCUT2D eigenvalue weighted by atomic mass is 35.5. The summed E-state index contributed by atoms with van der Waals surface area (Å²) in [5.41, 5.74) is -0.280. The van der Waals surface area contributed by atoms with Crippen molar-refractivity contribution < 1.29 is 37.2 Å². The quantitative estimate of drug-likeness (QED) is 0.113. The third-order valence-corrected chi connectivity index (χ3v) is 7.31. The van der Waals surface area contributed by atoms with E-state index in [2.05, 4.69) is 0 Å². The van der Waals surface area contributed by atoms with Gasteiger partial charge in [-0.3, -0.25) is 24.6 Å². The highest BCUT2D eigenvalue weighted by molar-refractivity contribution is 7.90. The van der Waals surface area contributed by atoms with Crippen LogP contribution in [0.15, 0.2) is 60.7 Å². The molecule has 0 aromatic heterocycles. The number of halogens is 2. The first kappa shape index (κ1) is 28.0. The van der Waals surface area contributed by atoms with Crippen molar-refractivity contribution in [3.63, 3.8) is 0 Å². The lowest BCUT2D eigenvalue weighted by molar-refractivity contribution is -0.384. The maximum absolute atomic E-state index is 13.2. The average Bonchev–Trinajstić information content (AvgIpc) is 3.09. The smallest absolute Gasteiger partial charge is 0.334 e. The summed E-state index contributed by atoms with van der Waals surface area (Å²) in [5, 5.41) is 10.9. The number of esters is 1. The van der Waals surface area contributed by atoms with Crippen molar-refractivity contribution in [3.8, 4) is 17.2 Å². The molecule has 1 aliphatic heterocycles. The van der Waals surface area contributed by atoms with E-state index in [1.807, 2.05) is 0 Å². The van der Waals surface area contributed by atoms with Crippen LogP contribution in [0.4, 0.5) is 5.69 Å². The molecule has 1 atom stereocenters. The number of rotatable bonds is 9. The molecule has 0 spiro atoms. The van der Waals surface area contributed by atoms with Gasteiger partial charge in [0.15, 0.2) is 0 Å². The van der Waals surface area contributed by atoms with E-state index in [0.29, 0.717) is 4.90 Å². The van der Waals surface area contributed by atoms with Crippen LogP contribution in [0.3, 0.4) is 0 Å². The van der Waals surface area contributed by atoms with Gasteiger partial charge in [-0.05, 0) is 42.8 Å². The van der Waals surface area contributed by atoms with E-state index < -0.39 is 50.8 Å². The molecule has 202 valence electrons. The van der Waals surface area contributed by atoms with Crippen LogP contribution in [0.2, 0.25) is 10.0 Å². The SMILES string of the molecule is CS(=O)(=O)CCC(C(=O)Oc1cccc(Oc2ccc([N+](=O)[O-])cc2)c1)N1C(=O)c2cc(Cl)c(Cl)cc2C1=O. The van der Waals surface area contributed by atoms with Crippen LogP contribution in [0.5, 0.6) is 17.2 Å². The predicted octanol–water partition coefficient (Wildman–Crippen LogP) is 4.70. The molecule has 3 aromatic rings. The first-order chi connectivity index (χ1) is 18.3. The van der Waals surface area contributed by atoms with Crippen LogP contribution in [0.25, 0.3) is 0 Å². The molecule has 3 aromatic carbocycles. The highest BCUT2D eigenvalue weighted by Gasteiger charge is 2.44. The van der Waals surface area contributed by atoms with Gasteiger partial charge in [0.05, 0.1) is 31.8 Å². The van der Waals surface area contributed by atoms with Crippen molar-refractivity contribution in [1.29, 1.82) is 0 Å². The minimum Gasteiger partial charge on any atom is -0.457 e. The fraction of sp³-hybridized carbons (Fsp3) is 0.160. The average molecular weight is 593 g/mol. The number of hydrogen-bond acceptors (Lipinski definition) is 9. The summed E-state index contributed by atoms with van der Waals surface area (Å²) >= 11 is 12.0. The molecule has 0 radical (unpaired) electrons. The van der Waals surface area contributed by atoms with E-state index >= 15 is 0 Å². The van der Waals surface area contributed by atoms with Crippen LogP contribution < -0.4 is 9.47 Å². The zero-order valence-electron chi connectivity index (χ0n) is 20.0. The van der Waals surface area contributed by atoms with E-state index in [1.165, 1.54) is 60.7 Å². The fourth-order valence-corrected chi connectivity index (χ4v) is 4.75. The maximum Gasteiger partial charge on any atom is 0.334 e. The number of hydrogen-bond donors (Lipinski definition) is 0. The zero-order chi connectivity index (χ0) is 28.5. The molecule has 0 fully saturated rings. The second-order valence-electron chi connectivity index (χ2n) is 8.48. The molecule has 39 heavy (non-hydrogen) atoms. The second-order valence-corrected chi connectivity index (χ2v) is 11.5. The van der Waals surface area contributed by atoms with E-state index in [9.17, 15) is 32.9 Å². The van der Waals surface area contributed by atoms with Crippen molar-refractivity contribution in [1.82, 2.24) is 4.90 Å². The number of carbonyl (C=O) groups is 3. The van der Waals surface area contributed by atoms with Gasteiger partial charge in [0, 0.05) is 24.5 Å². The van der Waals surface area contributed by atoms with Crippen molar-refractivity contribution in [3.05, 3.63) is 92.0 Å². The predicted molar refractivity (Wildman–Crippen MR) is 140 cm³/mol. The van der Waals surface area contributed by atoms with E-state index in [-0.39, 0.29) is 44.1 Å². The summed E-state index contributed by atoms with van der Waals surface area (Å²) < 4.78 is 34.8. The summed E-state index contributed by atoms with van der Waals surface area (Å²) in [6, 6.07) is 11.9. The number of sulfone groups is 1. The Bertz CT molecular complexity index is 1570. The number of benzene rings is 3. The lowest BCUT2D eigenvalue weighted by atomic mass is 10.1. The van der Waals surface area contributed by atoms with Gasteiger partial charge in [-0.25, -0.2) is 13.2 Å². The van der Waals surface area contributed by atoms with Gasteiger partial charge >= 0.3 is 5.97 Å². The molecule has 0 aliphatic carbocycles. The Morgan fingerprint density at radius 3 is 2.05 bits per heavy atom. The van der Waals surface area contributed by atoms with Crippen LogP contribution >= 0.6 is 23.2 Å². The van der Waals surface area contributed by atoms with Crippen molar-refractivity contribution in [2.24, 2.45) is 0 Å². The number of amides is 2. The normalized spacial score (nSPS) is 13.7. The Kier molecular flexibility index (Phi) is 7.91. The maximum atomic E-state index is 13.2. The summed E-state index contributed by atoms with van der Waals surface area (Å²) in [4.78, 5) is 50.4. The summed E-state index contributed by atoms with van der Waals surface area (Å²) in [5.74, 6) is -2.79. The molecular formula is C25H18Cl2N2O9S. The van der Waals surface area contributed by atoms with E-state index in [0.717, 1.165) is 6.26 Å². The molecule has 4 rings (SSSR count). The third kappa shape index (κ3) is 6.36. The lowest BCUT2D eigenvalue weighted by Gasteiger charge is -2.24. The number of carbonyl (C=O) groups excluding carboxylic acids is 3. The molecule has 0 N–H and O–H groups in total. The topological polar surface area (TPSA) is 150 Å². The van der Waals surface area contributed by atoms with Crippen LogP contribution in [-0.2, 0) is 14.6 Å². The largest absolute Gasteiger partial charge is 0.457 e.